The molecule has 39 heavy (non-hydrogen) atoms. The van der Waals surface area contributed by atoms with Gasteiger partial charge in [-0.05, 0) is 63.6 Å². The van der Waals surface area contributed by atoms with Crippen molar-refractivity contribution in [2.45, 2.75) is 86.2 Å². The van der Waals surface area contributed by atoms with Crippen LogP contribution in [0, 0.1) is 11.8 Å². The molecule has 0 aliphatic heterocycles. The topological polar surface area (TPSA) is 159 Å². The normalized spacial score (nSPS) is 14.0. The number of rotatable bonds is 13. The molecule has 0 aliphatic carbocycles. The lowest BCUT2D eigenvalue weighted by molar-refractivity contribution is -0.152. The fourth-order valence-electron chi connectivity index (χ4n) is 2.65. The van der Waals surface area contributed by atoms with Gasteiger partial charge in [-0.3, -0.25) is 4.79 Å². The van der Waals surface area contributed by atoms with E-state index in [0.717, 1.165) is 0 Å². The first-order chi connectivity index (χ1) is 18.2. The van der Waals surface area contributed by atoms with Crippen molar-refractivity contribution in [3.8, 4) is 11.5 Å². The van der Waals surface area contributed by atoms with Gasteiger partial charge in [0.2, 0.25) is 0 Å². The Hall–Kier alpha value is -3.54. The molecule has 1 aromatic carbocycles. The van der Waals surface area contributed by atoms with Gasteiger partial charge in [-0.25, -0.2) is 14.4 Å². The first-order valence-electron chi connectivity index (χ1n) is 12.9. The van der Waals surface area contributed by atoms with Crippen LogP contribution in [0.2, 0.25) is 0 Å². The van der Waals surface area contributed by atoms with Gasteiger partial charge in [-0.2, -0.15) is 0 Å². The summed E-state index contributed by atoms with van der Waals surface area (Å²) >= 11 is 0. The molecule has 0 bridgehead atoms. The number of hydrogen-bond donors (Lipinski definition) is 1. The summed E-state index contributed by atoms with van der Waals surface area (Å²) in [7, 11) is 0. The van der Waals surface area contributed by atoms with Gasteiger partial charge in [0.25, 0.3) is 0 Å². The minimum atomic E-state index is -1.10. The third kappa shape index (κ3) is 12.7. The lowest BCUT2D eigenvalue weighted by Gasteiger charge is -2.19. The van der Waals surface area contributed by atoms with Crippen LogP contribution < -0.4 is 15.2 Å². The molecule has 0 spiro atoms. The summed E-state index contributed by atoms with van der Waals surface area (Å²) in [5, 5.41) is 0. The van der Waals surface area contributed by atoms with Crippen molar-refractivity contribution in [3.63, 3.8) is 0 Å². The highest BCUT2D eigenvalue weighted by Crippen LogP contribution is 2.30. The molecule has 2 N–H and O–H groups in total. The van der Waals surface area contributed by atoms with Gasteiger partial charge in [0.15, 0.2) is 11.5 Å². The molecule has 0 fully saturated rings. The van der Waals surface area contributed by atoms with E-state index in [0.29, 0.717) is 5.56 Å². The van der Waals surface area contributed by atoms with Crippen molar-refractivity contribution in [1.82, 2.24) is 0 Å². The molecule has 1 aromatic rings. The number of hydrogen-bond acceptors (Lipinski definition) is 12. The van der Waals surface area contributed by atoms with Crippen LogP contribution in [0.5, 0.6) is 11.5 Å². The molecular formula is C27H41NO11. The quantitative estimate of drug-likeness (QED) is 0.202. The summed E-state index contributed by atoms with van der Waals surface area (Å²) in [6.07, 6.45) is -4.46. The number of ether oxygens (including phenoxy) is 7. The Morgan fingerprint density at radius 3 is 1.79 bits per heavy atom. The summed E-state index contributed by atoms with van der Waals surface area (Å²) in [6, 6.07) is 3.23. The van der Waals surface area contributed by atoms with Crippen molar-refractivity contribution >= 4 is 24.4 Å². The Morgan fingerprint density at radius 1 is 0.744 bits per heavy atom. The molecule has 0 aromatic heterocycles. The van der Waals surface area contributed by atoms with Crippen LogP contribution in [-0.4, -0.2) is 62.0 Å². The first-order valence-corrected chi connectivity index (χ1v) is 12.9. The van der Waals surface area contributed by atoms with Crippen molar-refractivity contribution in [1.29, 1.82) is 0 Å². The monoisotopic (exact) mass is 555 g/mol. The van der Waals surface area contributed by atoms with E-state index in [1.807, 2.05) is 27.7 Å². The average Bonchev–Trinajstić information content (AvgIpc) is 2.84. The number of nitrogens with two attached hydrogens (primary N) is 1. The smallest absolute Gasteiger partial charge is 0.458 e. The van der Waals surface area contributed by atoms with E-state index < -0.39 is 48.8 Å². The Labute approximate surface area is 229 Å². The fourth-order valence-corrected chi connectivity index (χ4v) is 2.65. The molecule has 0 amide bonds. The molecule has 1 rings (SSSR count). The molecule has 12 heteroatoms. The van der Waals surface area contributed by atoms with Gasteiger partial charge < -0.3 is 38.9 Å². The molecular weight excluding hydrogens is 514 g/mol. The Balaban J connectivity index is 2.97. The highest BCUT2D eigenvalue weighted by Gasteiger charge is 2.24. The SMILES string of the molecule is CCOC(=O)OC[C@H](C)OC(=O)[C@@H](N)Cc1ccc(OC(=O)OC(C)C(C)C)c(OC(=O)OC(C)C(C)C)c1. The second-order valence-electron chi connectivity index (χ2n) is 9.67. The maximum Gasteiger partial charge on any atom is 0.514 e. The number of carbonyl (C=O) groups excluding carboxylic acids is 4. The molecule has 0 saturated heterocycles. The molecule has 2 unspecified atom stereocenters. The van der Waals surface area contributed by atoms with E-state index in [1.165, 1.54) is 19.1 Å². The zero-order valence-electron chi connectivity index (χ0n) is 23.9. The highest BCUT2D eigenvalue weighted by molar-refractivity contribution is 5.76. The molecule has 4 atom stereocenters. The molecule has 0 saturated carbocycles. The van der Waals surface area contributed by atoms with Gasteiger partial charge in [0.05, 0.1) is 6.61 Å². The van der Waals surface area contributed by atoms with Crippen molar-refractivity contribution < 1.29 is 52.3 Å². The number of esters is 1. The Bertz CT molecular complexity index is 963. The van der Waals surface area contributed by atoms with Crippen LogP contribution in [0.3, 0.4) is 0 Å². The summed E-state index contributed by atoms with van der Waals surface area (Å²) in [5.41, 5.74) is 6.49. The van der Waals surface area contributed by atoms with E-state index in [-0.39, 0.29) is 43.0 Å². The second-order valence-corrected chi connectivity index (χ2v) is 9.67. The standard InChI is InChI=1S/C27H41NO11/c1-9-33-25(30)34-14-17(6)35-24(29)21(28)12-20-10-11-22(38-26(31)36-18(7)15(2)3)23(13-20)39-27(32)37-19(8)16(4)5/h10-11,13,15-19,21H,9,12,14,28H2,1-8H3/t17-,18?,19?,21-/m0/s1. The van der Waals surface area contributed by atoms with E-state index >= 15 is 0 Å². The third-order valence-corrected chi connectivity index (χ3v) is 5.61. The maximum absolute atomic E-state index is 12.4. The average molecular weight is 556 g/mol. The van der Waals surface area contributed by atoms with Crippen molar-refractivity contribution in [3.05, 3.63) is 23.8 Å². The predicted octanol–water partition coefficient (Wildman–Crippen LogP) is 4.78. The van der Waals surface area contributed by atoms with Crippen molar-refractivity contribution in [2.24, 2.45) is 17.6 Å². The minimum absolute atomic E-state index is 0.00674. The summed E-state index contributed by atoms with van der Waals surface area (Å²) in [6.45, 7) is 14.1. The second kappa shape index (κ2) is 16.4. The van der Waals surface area contributed by atoms with Crippen LogP contribution in [-0.2, 0) is 34.9 Å². The lowest BCUT2D eigenvalue weighted by Crippen LogP contribution is -2.37. The number of carbonyl (C=O) groups is 4. The van der Waals surface area contributed by atoms with E-state index in [9.17, 15) is 19.2 Å². The zero-order valence-corrected chi connectivity index (χ0v) is 23.9. The molecule has 12 nitrogen and oxygen atoms in total. The summed E-state index contributed by atoms with van der Waals surface area (Å²) < 4.78 is 35.8. The highest BCUT2D eigenvalue weighted by atomic mass is 16.8. The van der Waals surface area contributed by atoms with E-state index in [1.54, 1.807) is 26.8 Å². The Morgan fingerprint density at radius 2 is 1.28 bits per heavy atom. The maximum atomic E-state index is 12.4. The van der Waals surface area contributed by atoms with Crippen LogP contribution in [0.15, 0.2) is 18.2 Å². The van der Waals surface area contributed by atoms with Crippen LogP contribution in [0.25, 0.3) is 0 Å². The van der Waals surface area contributed by atoms with Gasteiger partial charge >= 0.3 is 24.4 Å². The van der Waals surface area contributed by atoms with Gasteiger partial charge in [0, 0.05) is 0 Å². The van der Waals surface area contributed by atoms with Crippen LogP contribution >= 0.6 is 0 Å². The van der Waals surface area contributed by atoms with Crippen molar-refractivity contribution in [2.75, 3.05) is 13.2 Å². The molecule has 0 radical (unpaired) electrons. The van der Waals surface area contributed by atoms with E-state index in [2.05, 4.69) is 4.74 Å². The first kappa shape index (κ1) is 33.5. The number of benzene rings is 1. The molecule has 0 aliphatic rings. The summed E-state index contributed by atoms with van der Waals surface area (Å²) in [4.78, 5) is 48.4. The minimum Gasteiger partial charge on any atom is -0.458 e. The third-order valence-electron chi connectivity index (χ3n) is 5.61. The van der Waals surface area contributed by atoms with Gasteiger partial charge in [-0.15, -0.1) is 0 Å². The lowest BCUT2D eigenvalue weighted by atomic mass is 10.1. The molecule has 220 valence electrons. The fraction of sp³-hybridized carbons (Fsp3) is 0.630. The van der Waals surface area contributed by atoms with Crippen LogP contribution in [0.1, 0.15) is 61.0 Å². The largest absolute Gasteiger partial charge is 0.514 e. The van der Waals surface area contributed by atoms with Crippen LogP contribution in [0.4, 0.5) is 14.4 Å². The van der Waals surface area contributed by atoms with Gasteiger partial charge in [-0.1, -0.05) is 33.8 Å². The summed E-state index contributed by atoms with van der Waals surface area (Å²) in [5.74, 6) is -0.853. The van der Waals surface area contributed by atoms with Gasteiger partial charge in [0.1, 0.15) is 31.0 Å². The Kier molecular flexibility index (Phi) is 14.1. The zero-order chi connectivity index (χ0) is 29.7. The molecule has 0 heterocycles. The predicted molar refractivity (Wildman–Crippen MR) is 139 cm³/mol. The van der Waals surface area contributed by atoms with E-state index in [4.69, 9.17) is 34.2 Å².